The molecule has 21 heavy (non-hydrogen) atoms. The lowest BCUT2D eigenvalue weighted by Gasteiger charge is -2.24. The zero-order valence-corrected chi connectivity index (χ0v) is 13.2. The summed E-state index contributed by atoms with van der Waals surface area (Å²) in [6, 6.07) is 4.73. The number of rotatable bonds is 4. The number of hydrogen-bond acceptors (Lipinski definition) is 3. The second-order valence-corrected chi connectivity index (χ2v) is 6.20. The Morgan fingerprint density at radius 1 is 1.38 bits per heavy atom. The summed E-state index contributed by atoms with van der Waals surface area (Å²) < 4.78 is 1.94. The summed E-state index contributed by atoms with van der Waals surface area (Å²) in [6.07, 6.45) is 8.24. The fourth-order valence-corrected chi connectivity index (χ4v) is 3.46. The predicted molar refractivity (Wildman–Crippen MR) is 83.8 cm³/mol. The highest BCUT2D eigenvalue weighted by Gasteiger charge is 2.31. The lowest BCUT2D eigenvalue weighted by atomic mass is 10.0. The maximum atomic E-state index is 4.57. The molecule has 4 heteroatoms. The Bertz CT molecular complexity index is 590. The zero-order chi connectivity index (χ0) is 14.8. The Hall–Kier alpha value is -1.68. The molecule has 1 saturated heterocycles. The Labute approximate surface area is 126 Å². The van der Waals surface area contributed by atoms with Gasteiger partial charge in [-0.3, -0.25) is 14.6 Å². The van der Waals surface area contributed by atoms with E-state index in [-0.39, 0.29) is 0 Å². The highest BCUT2D eigenvalue weighted by molar-refractivity contribution is 5.20. The smallest absolute Gasteiger partial charge is 0.0666 e. The summed E-state index contributed by atoms with van der Waals surface area (Å²) in [7, 11) is 2.01. The number of nitrogens with zero attached hydrogens (tertiary/aromatic N) is 4. The van der Waals surface area contributed by atoms with Crippen molar-refractivity contribution in [3.63, 3.8) is 0 Å². The van der Waals surface area contributed by atoms with Crippen LogP contribution >= 0.6 is 0 Å². The lowest BCUT2D eigenvalue weighted by Crippen LogP contribution is -2.23. The summed E-state index contributed by atoms with van der Waals surface area (Å²) in [5, 5.41) is 4.57. The third-order valence-corrected chi connectivity index (χ3v) is 4.38. The average Bonchev–Trinajstić information content (AvgIpc) is 3.03. The van der Waals surface area contributed by atoms with Gasteiger partial charge in [-0.1, -0.05) is 19.9 Å². The molecule has 0 saturated carbocycles. The maximum Gasteiger partial charge on any atom is 0.0666 e. The fraction of sp³-hybridized carbons (Fsp3) is 0.529. The van der Waals surface area contributed by atoms with Crippen LogP contribution in [0, 0.1) is 5.92 Å². The van der Waals surface area contributed by atoms with Crippen LogP contribution in [0.2, 0.25) is 0 Å². The van der Waals surface area contributed by atoms with Crippen LogP contribution in [0.1, 0.15) is 43.1 Å². The molecule has 0 radical (unpaired) electrons. The summed E-state index contributed by atoms with van der Waals surface area (Å²) in [4.78, 5) is 6.87. The van der Waals surface area contributed by atoms with E-state index in [1.165, 1.54) is 23.2 Å². The van der Waals surface area contributed by atoms with E-state index in [1.807, 2.05) is 30.2 Å². The Morgan fingerprint density at radius 2 is 2.24 bits per heavy atom. The molecular formula is C17H24N4. The number of hydrogen-bond donors (Lipinski definition) is 0. The predicted octanol–water partition coefficient (Wildman–Crippen LogP) is 2.96. The minimum absolute atomic E-state index is 0.485. The number of pyridine rings is 1. The van der Waals surface area contributed by atoms with Gasteiger partial charge in [0.05, 0.1) is 5.69 Å². The van der Waals surface area contributed by atoms with Gasteiger partial charge in [0, 0.05) is 50.3 Å². The minimum atomic E-state index is 0.485. The molecular weight excluding hydrogens is 260 g/mol. The van der Waals surface area contributed by atoms with Gasteiger partial charge >= 0.3 is 0 Å². The van der Waals surface area contributed by atoms with Gasteiger partial charge in [0.2, 0.25) is 0 Å². The quantitative estimate of drug-likeness (QED) is 0.865. The van der Waals surface area contributed by atoms with Crippen molar-refractivity contribution in [1.29, 1.82) is 0 Å². The van der Waals surface area contributed by atoms with Crippen LogP contribution < -0.4 is 0 Å². The van der Waals surface area contributed by atoms with Gasteiger partial charge in [0.1, 0.15) is 0 Å². The van der Waals surface area contributed by atoms with Gasteiger partial charge < -0.3 is 0 Å². The van der Waals surface area contributed by atoms with Crippen molar-refractivity contribution in [3.8, 4) is 0 Å². The van der Waals surface area contributed by atoms with E-state index in [0.29, 0.717) is 6.04 Å². The fourth-order valence-electron chi connectivity index (χ4n) is 3.46. The minimum Gasteiger partial charge on any atom is -0.292 e. The second-order valence-electron chi connectivity index (χ2n) is 6.20. The van der Waals surface area contributed by atoms with Crippen molar-refractivity contribution in [1.82, 2.24) is 19.7 Å². The van der Waals surface area contributed by atoms with Gasteiger partial charge in [0.25, 0.3) is 0 Å². The van der Waals surface area contributed by atoms with Crippen LogP contribution in [0.15, 0.2) is 30.7 Å². The van der Waals surface area contributed by atoms with E-state index >= 15 is 0 Å². The first-order chi connectivity index (χ1) is 10.2. The zero-order valence-electron chi connectivity index (χ0n) is 13.2. The summed E-state index contributed by atoms with van der Waals surface area (Å²) in [5.74, 6) is 0.733. The lowest BCUT2D eigenvalue weighted by molar-refractivity contribution is 0.244. The molecule has 2 aromatic rings. The van der Waals surface area contributed by atoms with Gasteiger partial charge in [-0.2, -0.15) is 5.10 Å². The second kappa shape index (κ2) is 5.98. The van der Waals surface area contributed by atoms with Gasteiger partial charge in [-0.25, -0.2) is 0 Å². The van der Waals surface area contributed by atoms with Crippen LogP contribution in [-0.4, -0.2) is 26.2 Å². The molecule has 0 N–H and O–H groups in total. The molecule has 1 fully saturated rings. The molecule has 112 valence electrons. The van der Waals surface area contributed by atoms with Gasteiger partial charge in [-0.05, 0) is 30.4 Å². The Morgan fingerprint density at radius 3 is 2.95 bits per heavy atom. The van der Waals surface area contributed by atoms with Crippen LogP contribution in [0.3, 0.4) is 0 Å². The first-order valence-corrected chi connectivity index (χ1v) is 7.82. The van der Waals surface area contributed by atoms with E-state index in [0.717, 1.165) is 25.4 Å². The third kappa shape index (κ3) is 3.00. The molecule has 0 aromatic carbocycles. The summed E-state index contributed by atoms with van der Waals surface area (Å²) in [6.45, 7) is 6.66. The van der Waals surface area contributed by atoms with Crippen molar-refractivity contribution in [3.05, 3.63) is 47.5 Å². The first kappa shape index (κ1) is 14.3. The van der Waals surface area contributed by atoms with Crippen LogP contribution in [0.5, 0.6) is 0 Å². The molecule has 2 atom stereocenters. The van der Waals surface area contributed by atoms with E-state index < -0.39 is 0 Å². The highest BCUT2D eigenvalue weighted by atomic mass is 15.3. The largest absolute Gasteiger partial charge is 0.292 e. The van der Waals surface area contributed by atoms with Crippen molar-refractivity contribution in [2.45, 2.75) is 39.3 Å². The van der Waals surface area contributed by atoms with Crippen molar-refractivity contribution in [2.24, 2.45) is 13.0 Å². The van der Waals surface area contributed by atoms with Crippen LogP contribution in [0.25, 0.3) is 0 Å². The molecule has 0 amide bonds. The Balaban J connectivity index is 1.82. The molecule has 2 aromatic heterocycles. The van der Waals surface area contributed by atoms with Crippen molar-refractivity contribution >= 4 is 0 Å². The molecule has 3 rings (SSSR count). The van der Waals surface area contributed by atoms with Crippen molar-refractivity contribution in [2.75, 3.05) is 6.54 Å². The molecule has 0 spiro atoms. The average molecular weight is 284 g/mol. The normalized spacial score (nSPS) is 22.8. The molecule has 0 aliphatic carbocycles. The van der Waals surface area contributed by atoms with E-state index in [9.17, 15) is 0 Å². The molecule has 3 heterocycles. The van der Waals surface area contributed by atoms with E-state index in [2.05, 4.69) is 41.1 Å². The number of likely N-dealkylation sites (tertiary alicyclic amines) is 1. The first-order valence-electron chi connectivity index (χ1n) is 7.82. The van der Waals surface area contributed by atoms with Gasteiger partial charge in [-0.15, -0.1) is 0 Å². The summed E-state index contributed by atoms with van der Waals surface area (Å²) in [5.41, 5.74) is 3.92. The molecule has 4 nitrogen and oxygen atoms in total. The number of aryl methyl sites for hydroxylation is 2. The number of aromatic nitrogens is 3. The third-order valence-electron chi connectivity index (χ3n) is 4.38. The molecule has 0 unspecified atom stereocenters. The van der Waals surface area contributed by atoms with Crippen molar-refractivity contribution < 1.29 is 0 Å². The topological polar surface area (TPSA) is 34.0 Å². The SMILES string of the molecule is CCc1nn(C)cc1CN1C[C@H](C)C[C@H]1c1cccnc1. The van der Waals surface area contributed by atoms with Gasteiger partial charge in [0.15, 0.2) is 0 Å². The van der Waals surface area contributed by atoms with Crippen LogP contribution in [-0.2, 0) is 20.0 Å². The molecule has 1 aliphatic rings. The Kier molecular flexibility index (Phi) is 4.06. The van der Waals surface area contributed by atoms with E-state index in [4.69, 9.17) is 0 Å². The monoisotopic (exact) mass is 284 g/mol. The van der Waals surface area contributed by atoms with Crippen LogP contribution in [0.4, 0.5) is 0 Å². The molecule has 1 aliphatic heterocycles. The van der Waals surface area contributed by atoms with E-state index in [1.54, 1.807) is 0 Å². The summed E-state index contributed by atoms with van der Waals surface area (Å²) >= 11 is 0. The highest BCUT2D eigenvalue weighted by Crippen LogP contribution is 2.36. The maximum absolute atomic E-state index is 4.57. The molecule has 0 bridgehead atoms. The standard InChI is InChI=1S/C17H24N4/c1-4-16-15(11-20(3)19-16)12-21-10-13(2)8-17(21)14-6-5-7-18-9-14/h5-7,9,11,13,17H,4,8,10,12H2,1-3H3/t13-,17+/m1/s1.